The third-order valence-electron chi connectivity index (χ3n) is 1.37. The van der Waals surface area contributed by atoms with E-state index in [0.717, 1.165) is 12.1 Å². The summed E-state index contributed by atoms with van der Waals surface area (Å²) in [5, 5.41) is -0.371. The Morgan fingerprint density at radius 3 is 2.15 bits per heavy atom. The van der Waals surface area contributed by atoms with Crippen LogP contribution in [0, 0.1) is 0 Å². The van der Waals surface area contributed by atoms with E-state index in [2.05, 4.69) is 12.6 Å². The molecule has 0 aliphatic heterocycles. The molecule has 13 heavy (non-hydrogen) atoms. The van der Waals surface area contributed by atoms with Crippen LogP contribution in [0.1, 0.15) is 5.56 Å². The third kappa shape index (κ3) is 2.24. The maximum atomic E-state index is 12.2. The van der Waals surface area contributed by atoms with Crippen LogP contribution in [0.25, 0.3) is 0 Å². The Morgan fingerprint density at radius 2 is 1.69 bits per heavy atom. The molecule has 0 N–H and O–H groups in total. The SMILES string of the molecule is FC(F)(F)c1ccc(Cl)c(S)c1Cl. The number of rotatable bonds is 0. The van der Waals surface area contributed by atoms with Gasteiger partial charge in [0, 0.05) is 4.90 Å². The summed E-state index contributed by atoms with van der Waals surface area (Å²) in [5.74, 6) is 0. The Morgan fingerprint density at radius 1 is 1.15 bits per heavy atom. The van der Waals surface area contributed by atoms with Gasteiger partial charge in [-0.2, -0.15) is 13.2 Å². The van der Waals surface area contributed by atoms with Crippen LogP contribution in [-0.2, 0) is 6.18 Å². The molecular formula is C7H3Cl2F3S. The lowest BCUT2D eigenvalue weighted by molar-refractivity contribution is -0.137. The van der Waals surface area contributed by atoms with Crippen molar-refractivity contribution in [2.45, 2.75) is 11.1 Å². The maximum absolute atomic E-state index is 12.2. The highest BCUT2D eigenvalue weighted by atomic mass is 35.5. The summed E-state index contributed by atoms with van der Waals surface area (Å²) in [4.78, 5) is -0.0573. The molecule has 1 rings (SSSR count). The summed E-state index contributed by atoms with van der Waals surface area (Å²) in [5.41, 5.74) is -0.927. The zero-order chi connectivity index (χ0) is 10.2. The van der Waals surface area contributed by atoms with Crippen molar-refractivity contribution < 1.29 is 13.2 Å². The fourth-order valence-corrected chi connectivity index (χ4v) is 1.43. The van der Waals surface area contributed by atoms with E-state index in [1.165, 1.54) is 0 Å². The number of hydrogen-bond donors (Lipinski definition) is 1. The van der Waals surface area contributed by atoms with Crippen LogP contribution in [0.5, 0.6) is 0 Å². The molecule has 0 heterocycles. The van der Waals surface area contributed by atoms with Gasteiger partial charge in [-0.25, -0.2) is 0 Å². The quantitative estimate of drug-likeness (QED) is 0.649. The van der Waals surface area contributed by atoms with Crippen molar-refractivity contribution in [3.8, 4) is 0 Å². The van der Waals surface area contributed by atoms with Crippen molar-refractivity contribution in [1.29, 1.82) is 0 Å². The molecule has 0 unspecified atom stereocenters. The first-order chi connectivity index (χ1) is 5.84. The summed E-state index contributed by atoms with van der Waals surface area (Å²) in [6.07, 6.45) is -4.47. The molecule has 0 amide bonds. The Hall–Kier alpha value is -0.0600. The minimum absolute atomic E-state index is 0.0573. The molecule has 0 aliphatic carbocycles. The van der Waals surface area contributed by atoms with Crippen molar-refractivity contribution in [3.63, 3.8) is 0 Å². The van der Waals surface area contributed by atoms with Gasteiger partial charge in [-0.05, 0) is 12.1 Å². The van der Waals surface area contributed by atoms with Crippen LogP contribution in [0.3, 0.4) is 0 Å². The van der Waals surface area contributed by atoms with Gasteiger partial charge in [-0.3, -0.25) is 0 Å². The van der Waals surface area contributed by atoms with E-state index in [1.807, 2.05) is 0 Å². The number of hydrogen-bond acceptors (Lipinski definition) is 1. The number of benzene rings is 1. The first-order valence-corrected chi connectivity index (χ1v) is 4.28. The smallest absolute Gasteiger partial charge is 0.166 e. The predicted octanol–water partition coefficient (Wildman–Crippen LogP) is 4.30. The molecule has 1 aromatic carbocycles. The first-order valence-electron chi connectivity index (χ1n) is 3.08. The van der Waals surface area contributed by atoms with Gasteiger partial charge in [0.05, 0.1) is 15.6 Å². The minimum atomic E-state index is -4.47. The second-order valence-corrected chi connectivity index (χ2v) is 3.49. The van der Waals surface area contributed by atoms with Crippen LogP contribution >= 0.6 is 35.8 Å². The molecule has 72 valence electrons. The van der Waals surface area contributed by atoms with E-state index in [9.17, 15) is 13.2 Å². The van der Waals surface area contributed by atoms with Crippen molar-refractivity contribution in [3.05, 3.63) is 27.7 Å². The van der Waals surface area contributed by atoms with Crippen LogP contribution in [-0.4, -0.2) is 0 Å². The van der Waals surface area contributed by atoms with Gasteiger partial charge in [0.15, 0.2) is 0 Å². The van der Waals surface area contributed by atoms with Gasteiger partial charge >= 0.3 is 6.18 Å². The van der Waals surface area contributed by atoms with Crippen LogP contribution in [0.2, 0.25) is 10.0 Å². The summed E-state index contributed by atoms with van der Waals surface area (Å²) in [6, 6.07) is 1.93. The van der Waals surface area contributed by atoms with Crippen molar-refractivity contribution in [1.82, 2.24) is 0 Å². The lowest BCUT2D eigenvalue weighted by Gasteiger charge is -2.10. The Bertz CT molecular complexity index is 335. The molecule has 6 heteroatoms. The summed E-state index contributed by atoms with van der Waals surface area (Å²) in [6.45, 7) is 0. The predicted molar refractivity (Wildman–Crippen MR) is 48.7 cm³/mol. The van der Waals surface area contributed by atoms with E-state index in [-0.39, 0.29) is 9.92 Å². The van der Waals surface area contributed by atoms with Crippen molar-refractivity contribution in [2.24, 2.45) is 0 Å². The van der Waals surface area contributed by atoms with E-state index >= 15 is 0 Å². The number of halogens is 5. The van der Waals surface area contributed by atoms with Gasteiger partial charge in [0.25, 0.3) is 0 Å². The molecule has 0 saturated heterocycles. The highest BCUT2D eigenvalue weighted by molar-refractivity contribution is 7.80. The fraction of sp³-hybridized carbons (Fsp3) is 0.143. The minimum Gasteiger partial charge on any atom is -0.166 e. The summed E-state index contributed by atoms with van der Waals surface area (Å²) < 4.78 is 36.6. The fourth-order valence-electron chi connectivity index (χ4n) is 0.760. The number of thiol groups is 1. The molecule has 0 nitrogen and oxygen atoms in total. The van der Waals surface area contributed by atoms with E-state index in [1.54, 1.807) is 0 Å². The summed E-state index contributed by atoms with van der Waals surface area (Å²) >= 11 is 14.7. The maximum Gasteiger partial charge on any atom is 0.417 e. The normalized spacial score (nSPS) is 11.8. The Labute approximate surface area is 88.1 Å². The van der Waals surface area contributed by atoms with Crippen LogP contribution in [0.15, 0.2) is 17.0 Å². The van der Waals surface area contributed by atoms with Gasteiger partial charge in [-0.15, -0.1) is 12.6 Å². The second-order valence-electron chi connectivity index (χ2n) is 2.26. The van der Waals surface area contributed by atoms with Crippen molar-refractivity contribution in [2.75, 3.05) is 0 Å². The molecule has 0 radical (unpaired) electrons. The Balaban J connectivity index is 3.35. The lowest BCUT2D eigenvalue weighted by Crippen LogP contribution is -2.05. The second kappa shape index (κ2) is 3.59. The summed E-state index contributed by atoms with van der Waals surface area (Å²) in [7, 11) is 0. The van der Waals surface area contributed by atoms with E-state index in [4.69, 9.17) is 23.2 Å². The van der Waals surface area contributed by atoms with Gasteiger partial charge < -0.3 is 0 Å². The van der Waals surface area contributed by atoms with Gasteiger partial charge in [0.2, 0.25) is 0 Å². The molecule has 0 spiro atoms. The van der Waals surface area contributed by atoms with Crippen molar-refractivity contribution >= 4 is 35.8 Å². The van der Waals surface area contributed by atoms with E-state index < -0.39 is 16.8 Å². The highest BCUT2D eigenvalue weighted by Gasteiger charge is 2.34. The molecule has 0 aliphatic rings. The lowest BCUT2D eigenvalue weighted by atomic mass is 10.2. The molecule has 1 aromatic rings. The van der Waals surface area contributed by atoms with Crippen LogP contribution in [0.4, 0.5) is 13.2 Å². The molecule has 0 atom stereocenters. The average Bonchev–Trinajstić information content (AvgIpc) is 1.98. The largest absolute Gasteiger partial charge is 0.417 e. The monoisotopic (exact) mass is 246 g/mol. The van der Waals surface area contributed by atoms with Gasteiger partial charge in [-0.1, -0.05) is 23.2 Å². The highest BCUT2D eigenvalue weighted by Crippen LogP contribution is 2.39. The third-order valence-corrected chi connectivity index (χ3v) is 2.81. The van der Waals surface area contributed by atoms with E-state index in [0.29, 0.717) is 0 Å². The number of alkyl halides is 3. The first kappa shape index (κ1) is 11.0. The standard InChI is InChI=1S/C7H3Cl2F3S/c8-4-2-1-3(7(10,11)12)5(9)6(4)13/h1-2,13H. The zero-order valence-electron chi connectivity index (χ0n) is 5.99. The van der Waals surface area contributed by atoms with Crippen LogP contribution < -0.4 is 0 Å². The molecule has 0 bridgehead atoms. The molecular weight excluding hydrogens is 244 g/mol. The molecule has 0 fully saturated rings. The zero-order valence-corrected chi connectivity index (χ0v) is 8.40. The molecule has 0 aromatic heterocycles. The Kier molecular flexibility index (Phi) is 3.05. The average molecular weight is 247 g/mol. The topological polar surface area (TPSA) is 0 Å². The van der Waals surface area contributed by atoms with Gasteiger partial charge in [0.1, 0.15) is 0 Å². The molecule has 0 saturated carbocycles.